The number of nitrogens with one attached hydrogen (secondary N) is 1. The van der Waals surface area contributed by atoms with Crippen LogP contribution < -0.4 is 14.2 Å². The second-order valence-electron chi connectivity index (χ2n) is 4.63. The maximum Gasteiger partial charge on any atom is 0.335 e. The predicted molar refractivity (Wildman–Crippen MR) is 91.5 cm³/mol. The summed E-state index contributed by atoms with van der Waals surface area (Å²) in [6, 6.07) is 8.28. The molecule has 0 aliphatic rings. The molecule has 24 heavy (non-hydrogen) atoms. The zero-order valence-corrected chi connectivity index (χ0v) is 15.1. The van der Waals surface area contributed by atoms with Crippen LogP contribution in [0.15, 0.2) is 45.8 Å². The van der Waals surface area contributed by atoms with Crippen LogP contribution in [0, 0.1) is 0 Å². The molecule has 2 aromatic carbocycles. The SMILES string of the molecule is COc1cc(OC)c(S(=O)(=O)Nc2cccc(C(=O)O)c2)cc1Br. The zero-order chi connectivity index (χ0) is 17.9. The number of methoxy groups -OCH3 is 2. The van der Waals surface area contributed by atoms with E-state index in [0.29, 0.717) is 10.2 Å². The highest BCUT2D eigenvalue weighted by Crippen LogP contribution is 2.36. The van der Waals surface area contributed by atoms with Crippen LogP contribution >= 0.6 is 15.9 Å². The van der Waals surface area contributed by atoms with Gasteiger partial charge in [-0.15, -0.1) is 0 Å². The summed E-state index contributed by atoms with van der Waals surface area (Å²) < 4.78 is 38.2. The highest BCUT2D eigenvalue weighted by Gasteiger charge is 2.22. The van der Waals surface area contributed by atoms with E-state index in [4.69, 9.17) is 14.6 Å². The molecule has 0 aromatic heterocycles. The highest BCUT2D eigenvalue weighted by molar-refractivity contribution is 9.10. The van der Waals surface area contributed by atoms with Gasteiger partial charge in [-0.25, -0.2) is 13.2 Å². The monoisotopic (exact) mass is 415 g/mol. The van der Waals surface area contributed by atoms with E-state index >= 15 is 0 Å². The Bertz CT molecular complexity index is 882. The van der Waals surface area contributed by atoms with Crippen molar-refractivity contribution < 1.29 is 27.8 Å². The van der Waals surface area contributed by atoms with E-state index in [2.05, 4.69) is 20.7 Å². The van der Waals surface area contributed by atoms with Crippen LogP contribution in [0.4, 0.5) is 5.69 Å². The number of benzene rings is 2. The number of anilines is 1. The van der Waals surface area contributed by atoms with E-state index in [9.17, 15) is 13.2 Å². The number of aromatic carboxylic acids is 1. The second-order valence-corrected chi connectivity index (χ2v) is 7.13. The molecule has 0 amide bonds. The van der Waals surface area contributed by atoms with E-state index in [0.717, 1.165) is 0 Å². The maximum atomic E-state index is 12.6. The van der Waals surface area contributed by atoms with Gasteiger partial charge < -0.3 is 14.6 Å². The number of rotatable bonds is 6. The van der Waals surface area contributed by atoms with Gasteiger partial charge in [0.2, 0.25) is 0 Å². The Labute approximate surface area is 147 Å². The van der Waals surface area contributed by atoms with Crippen LogP contribution in [0.25, 0.3) is 0 Å². The summed E-state index contributed by atoms with van der Waals surface area (Å²) in [7, 11) is -1.21. The lowest BCUT2D eigenvalue weighted by Crippen LogP contribution is -2.14. The lowest BCUT2D eigenvalue weighted by molar-refractivity contribution is 0.0697. The fraction of sp³-hybridized carbons (Fsp3) is 0.133. The minimum absolute atomic E-state index is 0.0296. The molecule has 0 aliphatic heterocycles. The van der Waals surface area contributed by atoms with Gasteiger partial charge in [0.1, 0.15) is 16.4 Å². The second kappa shape index (κ2) is 7.10. The first-order valence-electron chi connectivity index (χ1n) is 6.56. The Kier molecular flexibility index (Phi) is 5.35. The molecule has 0 heterocycles. The Hall–Kier alpha value is -2.26. The minimum atomic E-state index is -4.00. The van der Waals surface area contributed by atoms with Crippen LogP contribution in [0.2, 0.25) is 0 Å². The van der Waals surface area contributed by atoms with Crippen molar-refractivity contribution in [3.63, 3.8) is 0 Å². The molecule has 2 rings (SSSR count). The van der Waals surface area contributed by atoms with E-state index in [1.165, 1.54) is 50.6 Å². The van der Waals surface area contributed by atoms with Gasteiger partial charge in [-0.2, -0.15) is 0 Å². The van der Waals surface area contributed by atoms with Crippen molar-refractivity contribution in [2.24, 2.45) is 0 Å². The molecule has 0 saturated carbocycles. The molecule has 0 bridgehead atoms. The summed E-state index contributed by atoms with van der Waals surface area (Å²) in [5.74, 6) is -0.642. The molecule has 7 nitrogen and oxygen atoms in total. The Balaban J connectivity index is 2.46. The average molecular weight is 416 g/mol. The number of halogens is 1. The number of sulfonamides is 1. The van der Waals surface area contributed by atoms with Gasteiger partial charge in [0.05, 0.1) is 24.3 Å². The first kappa shape index (κ1) is 18.1. The van der Waals surface area contributed by atoms with Gasteiger partial charge >= 0.3 is 5.97 Å². The average Bonchev–Trinajstić information content (AvgIpc) is 2.54. The van der Waals surface area contributed by atoms with Gasteiger partial charge in [-0.05, 0) is 40.2 Å². The molecule has 128 valence electrons. The third-order valence-electron chi connectivity index (χ3n) is 3.09. The predicted octanol–water partition coefficient (Wildman–Crippen LogP) is 2.97. The van der Waals surface area contributed by atoms with E-state index in [1.54, 1.807) is 0 Å². The molecule has 0 aliphatic carbocycles. The summed E-state index contributed by atoms with van der Waals surface area (Å²) in [6.07, 6.45) is 0. The molecule has 0 saturated heterocycles. The van der Waals surface area contributed by atoms with Crippen molar-refractivity contribution in [2.45, 2.75) is 4.90 Å². The molecule has 9 heteroatoms. The summed E-state index contributed by atoms with van der Waals surface area (Å²) >= 11 is 3.23. The standard InChI is InChI=1S/C15H14BrNO6S/c1-22-12-8-13(23-2)14(7-11(12)16)24(20,21)17-10-5-3-4-9(6-10)15(18)19/h3-8,17H,1-2H3,(H,18,19). The van der Waals surface area contributed by atoms with E-state index < -0.39 is 16.0 Å². The summed E-state index contributed by atoms with van der Waals surface area (Å²) in [5.41, 5.74) is 0.0990. The smallest absolute Gasteiger partial charge is 0.335 e. The highest BCUT2D eigenvalue weighted by atomic mass is 79.9. The minimum Gasteiger partial charge on any atom is -0.495 e. The Morgan fingerprint density at radius 1 is 1.12 bits per heavy atom. The number of carbonyl (C=O) groups is 1. The number of carboxylic acid groups (broad SMARTS) is 1. The van der Waals surface area contributed by atoms with Crippen LogP contribution in [-0.4, -0.2) is 33.7 Å². The number of hydrogen-bond donors (Lipinski definition) is 2. The van der Waals surface area contributed by atoms with E-state index in [1.807, 2.05) is 0 Å². The third kappa shape index (κ3) is 3.80. The Morgan fingerprint density at radius 3 is 2.38 bits per heavy atom. The van der Waals surface area contributed by atoms with Crippen LogP contribution in [-0.2, 0) is 10.0 Å². The normalized spacial score (nSPS) is 11.0. The molecule has 2 aromatic rings. The van der Waals surface area contributed by atoms with Crippen molar-refractivity contribution >= 4 is 37.6 Å². The number of ether oxygens (including phenoxy) is 2. The van der Waals surface area contributed by atoms with Crippen molar-refractivity contribution in [1.29, 1.82) is 0 Å². The lowest BCUT2D eigenvalue weighted by atomic mass is 10.2. The van der Waals surface area contributed by atoms with E-state index in [-0.39, 0.29) is 21.9 Å². The molecular weight excluding hydrogens is 402 g/mol. The van der Waals surface area contributed by atoms with Gasteiger partial charge in [-0.1, -0.05) is 6.07 Å². The molecule has 0 unspecified atom stereocenters. The van der Waals surface area contributed by atoms with Crippen LogP contribution in [0.3, 0.4) is 0 Å². The van der Waals surface area contributed by atoms with Crippen LogP contribution in [0.5, 0.6) is 11.5 Å². The molecule has 0 radical (unpaired) electrons. The molecule has 2 N–H and O–H groups in total. The summed E-state index contributed by atoms with van der Waals surface area (Å²) in [6.45, 7) is 0. The topological polar surface area (TPSA) is 102 Å². The summed E-state index contributed by atoms with van der Waals surface area (Å²) in [4.78, 5) is 10.9. The molecular formula is C15H14BrNO6S. The molecule has 0 fully saturated rings. The molecule has 0 spiro atoms. The number of hydrogen-bond acceptors (Lipinski definition) is 5. The van der Waals surface area contributed by atoms with Gasteiger partial charge in [0, 0.05) is 11.8 Å². The first-order valence-corrected chi connectivity index (χ1v) is 8.84. The zero-order valence-electron chi connectivity index (χ0n) is 12.7. The molecule has 0 atom stereocenters. The van der Waals surface area contributed by atoms with Gasteiger partial charge in [0.25, 0.3) is 10.0 Å². The maximum absolute atomic E-state index is 12.6. The van der Waals surface area contributed by atoms with Gasteiger partial charge in [-0.3, -0.25) is 4.72 Å². The van der Waals surface area contributed by atoms with Crippen LogP contribution in [0.1, 0.15) is 10.4 Å². The fourth-order valence-electron chi connectivity index (χ4n) is 1.97. The third-order valence-corrected chi connectivity index (χ3v) is 5.11. The van der Waals surface area contributed by atoms with Gasteiger partial charge in [0.15, 0.2) is 0 Å². The lowest BCUT2D eigenvalue weighted by Gasteiger charge is -2.14. The largest absolute Gasteiger partial charge is 0.495 e. The van der Waals surface area contributed by atoms with Crippen molar-refractivity contribution in [1.82, 2.24) is 0 Å². The fourth-order valence-corrected chi connectivity index (χ4v) is 3.85. The Morgan fingerprint density at radius 2 is 1.79 bits per heavy atom. The number of carboxylic acids is 1. The van der Waals surface area contributed by atoms with Crippen molar-refractivity contribution in [3.8, 4) is 11.5 Å². The van der Waals surface area contributed by atoms with Crippen molar-refractivity contribution in [2.75, 3.05) is 18.9 Å². The summed E-state index contributed by atoms with van der Waals surface area (Å²) in [5, 5.41) is 8.98. The quantitative estimate of drug-likeness (QED) is 0.751. The first-order chi connectivity index (χ1) is 11.3. The van der Waals surface area contributed by atoms with Crippen molar-refractivity contribution in [3.05, 3.63) is 46.4 Å².